The van der Waals surface area contributed by atoms with E-state index in [-0.39, 0.29) is 23.2 Å². The Morgan fingerprint density at radius 1 is 1.16 bits per heavy atom. The van der Waals surface area contributed by atoms with E-state index in [2.05, 4.69) is 15.2 Å². The first kappa shape index (κ1) is 20.3. The lowest BCUT2D eigenvalue weighted by Crippen LogP contribution is -2.38. The van der Waals surface area contributed by atoms with Crippen LogP contribution in [0.3, 0.4) is 0 Å². The molecule has 1 saturated heterocycles. The average Bonchev–Trinajstić information content (AvgIpc) is 3.51. The minimum atomic E-state index is -4.55. The Morgan fingerprint density at radius 2 is 1.94 bits per heavy atom. The third kappa shape index (κ3) is 3.63. The second-order valence-corrected chi connectivity index (χ2v) is 7.74. The topological polar surface area (TPSA) is 89.7 Å². The Bertz CT molecular complexity index is 1270. The van der Waals surface area contributed by atoms with E-state index in [4.69, 9.17) is 8.94 Å². The van der Waals surface area contributed by atoms with Gasteiger partial charge in [0.2, 0.25) is 5.76 Å². The van der Waals surface area contributed by atoms with Gasteiger partial charge in [-0.05, 0) is 38.0 Å². The van der Waals surface area contributed by atoms with Crippen molar-refractivity contribution in [3.05, 3.63) is 59.4 Å². The number of furan rings is 1. The van der Waals surface area contributed by atoms with E-state index in [1.54, 1.807) is 24.0 Å². The highest BCUT2D eigenvalue weighted by molar-refractivity contribution is 5.93. The van der Waals surface area contributed by atoms with Crippen LogP contribution in [-0.2, 0) is 6.18 Å². The normalized spacial score (nSPS) is 15.6. The molecule has 0 aliphatic carbocycles. The smallest absolute Gasteiger partial charge is 0.433 e. The molecule has 0 unspecified atom stereocenters. The second kappa shape index (κ2) is 7.50. The summed E-state index contributed by atoms with van der Waals surface area (Å²) in [5, 5.41) is 7.74. The van der Waals surface area contributed by atoms with Crippen molar-refractivity contribution in [2.75, 3.05) is 13.1 Å². The van der Waals surface area contributed by atoms with Gasteiger partial charge in [-0.15, -0.1) is 0 Å². The Labute approximate surface area is 179 Å². The van der Waals surface area contributed by atoms with Gasteiger partial charge in [0.1, 0.15) is 5.69 Å². The summed E-state index contributed by atoms with van der Waals surface area (Å²) in [6.45, 7) is 2.37. The summed E-state index contributed by atoms with van der Waals surface area (Å²) in [7, 11) is 0. The maximum absolute atomic E-state index is 13.6. The van der Waals surface area contributed by atoms with E-state index in [0.29, 0.717) is 48.8 Å². The van der Waals surface area contributed by atoms with Gasteiger partial charge in [-0.1, -0.05) is 5.16 Å². The first-order chi connectivity index (χ1) is 15.3. The van der Waals surface area contributed by atoms with Gasteiger partial charge < -0.3 is 13.8 Å². The number of nitrogens with zero attached hydrogens (tertiary/aromatic N) is 5. The van der Waals surface area contributed by atoms with Crippen LogP contribution in [0, 0.1) is 6.92 Å². The third-order valence-corrected chi connectivity index (χ3v) is 5.55. The van der Waals surface area contributed by atoms with Crippen molar-refractivity contribution >= 4 is 11.6 Å². The molecule has 0 aromatic carbocycles. The second-order valence-electron chi connectivity index (χ2n) is 7.74. The van der Waals surface area contributed by atoms with Crippen LogP contribution in [0.1, 0.15) is 46.3 Å². The standard InChI is InChI=1S/C21H18F3N5O3/c1-12-9-19-25-14(11-18(21(22,23)24)29(19)26-12)13-4-6-28(7-5-13)20(30)15-10-17(32-27-15)16-3-2-8-31-16/h2-3,8-11,13H,4-7H2,1H3. The zero-order valence-electron chi connectivity index (χ0n) is 17.0. The fourth-order valence-electron chi connectivity index (χ4n) is 3.97. The number of rotatable bonds is 3. The number of aromatic nitrogens is 4. The van der Waals surface area contributed by atoms with Crippen molar-refractivity contribution in [2.45, 2.75) is 31.9 Å². The number of hydrogen-bond acceptors (Lipinski definition) is 6. The Morgan fingerprint density at radius 3 is 2.62 bits per heavy atom. The van der Waals surface area contributed by atoms with Crippen molar-refractivity contribution in [1.82, 2.24) is 24.7 Å². The predicted molar refractivity (Wildman–Crippen MR) is 105 cm³/mol. The number of carbonyl (C=O) groups excluding carboxylic acids is 1. The number of amides is 1. The van der Waals surface area contributed by atoms with Gasteiger partial charge >= 0.3 is 6.18 Å². The summed E-state index contributed by atoms with van der Waals surface area (Å²) in [5.74, 6) is 0.320. The van der Waals surface area contributed by atoms with Crippen LogP contribution in [0.5, 0.6) is 0 Å². The van der Waals surface area contributed by atoms with E-state index in [1.807, 2.05) is 0 Å². The molecule has 0 radical (unpaired) electrons. The lowest BCUT2D eigenvalue weighted by atomic mass is 9.92. The molecule has 0 saturated carbocycles. The summed E-state index contributed by atoms with van der Waals surface area (Å²) < 4.78 is 52.0. The van der Waals surface area contributed by atoms with Gasteiger partial charge in [0, 0.05) is 36.8 Å². The summed E-state index contributed by atoms with van der Waals surface area (Å²) in [5.41, 5.74) is 0.292. The van der Waals surface area contributed by atoms with Crippen LogP contribution in [0.15, 0.2) is 45.5 Å². The molecule has 0 N–H and O–H groups in total. The lowest BCUT2D eigenvalue weighted by molar-refractivity contribution is -0.142. The molecule has 4 aromatic rings. The molecule has 1 aliphatic heterocycles. The number of alkyl halides is 3. The molecule has 0 atom stereocenters. The number of aryl methyl sites for hydroxylation is 1. The third-order valence-electron chi connectivity index (χ3n) is 5.55. The van der Waals surface area contributed by atoms with Gasteiger partial charge in [0.15, 0.2) is 17.1 Å². The summed E-state index contributed by atoms with van der Waals surface area (Å²) in [6.07, 6.45) is -2.08. The average molecular weight is 445 g/mol. The minimum absolute atomic E-state index is 0.156. The quantitative estimate of drug-likeness (QED) is 0.467. The number of fused-ring (bicyclic) bond motifs is 1. The molecule has 11 heteroatoms. The van der Waals surface area contributed by atoms with Gasteiger partial charge in [-0.3, -0.25) is 4.79 Å². The van der Waals surface area contributed by atoms with Crippen molar-refractivity contribution < 1.29 is 26.9 Å². The van der Waals surface area contributed by atoms with E-state index in [0.717, 1.165) is 10.6 Å². The summed E-state index contributed by atoms with van der Waals surface area (Å²) >= 11 is 0. The molecule has 5 rings (SSSR count). The molecule has 0 spiro atoms. The Hall–Kier alpha value is -3.63. The van der Waals surface area contributed by atoms with Crippen LogP contribution in [0.25, 0.3) is 17.2 Å². The van der Waals surface area contributed by atoms with Crippen molar-refractivity contribution in [3.63, 3.8) is 0 Å². The van der Waals surface area contributed by atoms with Gasteiger partial charge in [-0.2, -0.15) is 18.3 Å². The van der Waals surface area contributed by atoms with Gasteiger partial charge in [0.25, 0.3) is 5.91 Å². The zero-order chi connectivity index (χ0) is 22.5. The maximum Gasteiger partial charge on any atom is 0.433 e. The number of hydrogen-bond donors (Lipinski definition) is 0. The fraction of sp³-hybridized carbons (Fsp3) is 0.333. The molecular formula is C21H18F3N5O3. The number of likely N-dealkylation sites (tertiary alicyclic amines) is 1. The van der Waals surface area contributed by atoms with E-state index in [9.17, 15) is 18.0 Å². The molecule has 1 aliphatic rings. The number of halogens is 3. The molecular weight excluding hydrogens is 427 g/mol. The monoisotopic (exact) mass is 445 g/mol. The van der Waals surface area contributed by atoms with E-state index < -0.39 is 11.9 Å². The molecule has 166 valence electrons. The van der Waals surface area contributed by atoms with Crippen LogP contribution >= 0.6 is 0 Å². The highest BCUT2D eigenvalue weighted by Crippen LogP contribution is 2.34. The van der Waals surface area contributed by atoms with Crippen molar-refractivity contribution in [3.8, 4) is 11.5 Å². The fourth-order valence-corrected chi connectivity index (χ4v) is 3.97. The predicted octanol–water partition coefficient (Wildman–Crippen LogP) is 4.32. The van der Waals surface area contributed by atoms with E-state index >= 15 is 0 Å². The molecule has 8 nitrogen and oxygen atoms in total. The highest BCUT2D eigenvalue weighted by Gasteiger charge is 2.36. The van der Waals surface area contributed by atoms with Crippen LogP contribution < -0.4 is 0 Å². The zero-order valence-corrected chi connectivity index (χ0v) is 17.0. The molecule has 1 amide bonds. The minimum Gasteiger partial charge on any atom is -0.461 e. The van der Waals surface area contributed by atoms with Crippen LogP contribution in [0.4, 0.5) is 13.2 Å². The molecule has 0 bridgehead atoms. The highest BCUT2D eigenvalue weighted by atomic mass is 19.4. The summed E-state index contributed by atoms with van der Waals surface area (Å²) in [4.78, 5) is 18.8. The molecule has 4 aromatic heterocycles. The number of carbonyl (C=O) groups is 1. The molecule has 5 heterocycles. The largest absolute Gasteiger partial charge is 0.461 e. The lowest BCUT2D eigenvalue weighted by Gasteiger charge is -2.31. The van der Waals surface area contributed by atoms with Crippen LogP contribution in [-0.4, -0.2) is 43.7 Å². The SMILES string of the molecule is Cc1cc2nc(C3CCN(C(=O)c4cc(-c5ccco5)on4)CC3)cc(C(F)(F)F)n2n1. The molecule has 32 heavy (non-hydrogen) atoms. The summed E-state index contributed by atoms with van der Waals surface area (Å²) in [6, 6.07) is 7.50. The van der Waals surface area contributed by atoms with Crippen LogP contribution in [0.2, 0.25) is 0 Å². The Kier molecular flexibility index (Phi) is 4.75. The maximum atomic E-state index is 13.6. The first-order valence-electron chi connectivity index (χ1n) is 10.0. The van der Waals surface area contributed by atoms with Crippen molar-refractivity contribution in [2.24, 2.45) is 0 Å². The van der Waals surface area contributed by atoms with Gasteiger partial charge in [-0.25, -0.2) is 9.50 Å². The number of piperidine rings is 1. The van der Waals surface area contributed by atoms with Gasteiger partial charge in [0.05, 0.1) is 12.0 Å². The van der Waals surface area contributed by atoms with Crippen molar-refractivity contribution in [1.29, 1.82) is 0 Å². The van der Waals surface area contributed by atoms with E-state index in [1.165, 1.54) is 18.4 Å². The first-order valence-corrected chi connectivity index (χ1v) is 10.0. The molecule has 1 fully saturated rings. The Balaban J connectivity index is 1.32.